The molecule has 2 aromatic rings. The number of aliphatic hydroxyl groups excluding tert-OH is 1. The fourth-order valence-electron chi connectivity index (χ4n) is 3.55. The Morgan fingerprint density at radius 2 is 1.96 bits per heavy atom. The largest absolute Gasteiger partial charge is 0.497 e. The summed E-state index contributed by atoms with van der Waals surface area (Å²) in [7, 11) is 1.58. The molecule has 0 saturated heterocycles. The van der Waals surface area contributed by atoms with Gasteiger partial charge >= 0.3 is 5.69 Å². The van der Waals surface area contributed by atoms with E-state index in [2.05, 4.69) is 15.3 Å². The third-order valence-corrected chi connectivity index (χ3v) is 5.25. The molecule has 0 spiro atoms. The fraction of sp³-hybridized carbons (Fsp3) is 0.450. The molecule has 1 amide bonds. The van der Waals surface area contributed by atoms with E-state index in [-0.39, 0.29) is 23.6 Å². The molecule has 7 heteroatoms. The Labute approximate surface area is 157 Å². The smallest absolute Gasteiger partial charge is 0.346 e. The lowest BCUT2D eigenvalue weighted by Gasteiger charge is -2.35. The molecule has 7 nitrogen and oxygen atoms in total. The van der Waals surface area contributed by atoms with Crippen molar-refractivity contribution in [3.8, 4) is 17.0 Å². The summed E-state index contributed by atoms with van der Waals surface area (Å²) < 4.78 is 5.13. The highest BCUT2D eigenvalue weighted by molar-refractivity contribution is 5.93. The number of hydrogen-bond acceptors (Lipinski definition) is 5. The van der Waals surface area contributed by atoms with Crippen LogP contribution in [0.4, 0.5) is 0 Å². The minimum atomic E-state index is -0.581. The lowest BCUT2D eigenvalue weighted by molar-refractivity contribution is 0.0715. The maximum absolute atomic E-state index is 12.6. The predicted molar refractivity (Wildman–Crippen MR) is 102 cm³/mol. The van der Waals surface area contributed by atoms with E-state index in [9.17, 15) is 14.7 Å². The fourth-order valence-corrected chi connectivity index (χ4v) is 3.55. The van der Waals surface area contributed by atoms with Crippen LogP contribution in [-0.2, 0) is 0 Å². The molecule has 144 valence electrons. The Morgan fingerprint density at radius 1 is 1.26 bits per heavy atom. The molecule has 0 aliphatic heterocycles. The van der Waals surface area contributed by atoms with Gasteiger partial charge in [0.1, 0.15) is 11.4 Å². The Hall–Kier alpha value is -2.67. The molecule has 1 aliphatic carbocycles. The Balaban J connectivity index is 1.76. The minimum absolute atomic E-state index is 0.0528. The number of hydrogen-bond donors (Lipinski definition) is 3. The summed E-state index contributed by atoms with van der Waals surface area (Å²) in [4.78, 5) is 30.9. The van der Waals surface area contributed by atoms with Crippen LogP contribution in [0.15, 0.2) is 35.1 Å². The van der Waals surface area contributed by atoms with Gasteiger partial charge in [0.15, 0.2) is 0 Å². The van der Waals surface area contributed by atoms with Crippen molar-refractivity contribution in [3.63, 3.8) is 0 Å². The summed E-state index contributed by atoms with van der Waals surface area (Å²) in [6.45, 7) is 0.446. The number of aromatic nitrogens is 2. The first-order chi connectivity index (χ1) is 13.0. The van der Waals surface area contributed by atoms with Crippen molar-refractivity contribution in [2.24, 2.45) is 5.41 Å². The molecule has 1 aromatic heterocycles. The molecule has 1 saturated carbocycles. The number of H-pyrrole nitrogens is 1. The summed E-state index contributed by atoms with van der Waals surface area (Å²) >= 11 is 0. The van der Waals surface area contributed by atoms with Crippen molar-refractivity contribution < 1.29 is 14.6 Å². The molecule has 3 rings (SSSR count). The van der Waals surface area contributed by atoms with E-state index in [0.29, 0.717) is 18.0 Å². The van der Waals surface area contributed by atoms with E-state index >= 15 is 0 Å². The Bertz CT molecular complexity index is 839. The van der Waals surface area contributed by atoms with Crippen LogP contribution in [-0.4, -0.2) is 41.2 Å². The van der Waals surface area contributed by atoms with Gasteiger partial charge in [-0.25, -0.2) is 4.79 Å². The van der Waals surface area contributed by atoms with Crippen LogP contribution in [0.5, 0.6) is 5.75 Å². The van der Waals surface area contributed by atoms with Crippen LogP contribution < -0.4 is 15.7 Å². The Morgan fingerprint density at radius 3 is 2.59 bits per heavy atom. The van der Waals surface area contributed by atoms with Crippen LogP contribution >= 0.6 is 0 Å². The predicted octanol–water partition coefficient (Wildman–Crippen LogP) is 2.12. The molecule has 3 N–H and O–H groups in total. The van der Waals surface area contributed by atoms with Crippen molar-refractivity contribution in [3.05, 3.63) is 46.5 Å². The molecular formula is C20H25N3O4. The molecule has 1 aromatic carbocycles. The summed E-state index contributed by atoms with van der Waals surface area (Å²) in [6.07, 6.45) is 5.08. The van der Waals surface area contributed by atoms with Gasteiger partial charge in [-0.3, -0.25) is 4.79 Å². The Kier molecular flexibility index (Phi) is 5.91. The molecule has 0 bridgehead atoms. The zero-order chi connectivity index (χ0) is 19.3. The molecule has 1 heterocycles. The molecule has 0 radical (unpaired) electrons. The van der Waals surface area contributed by atoms with Gasteiger partial charge in [-0.1, -0.05) is 19.3 Å². The average molecular weight is 371 g/mol. The van der Waals surface area contributed by atoms with Crippen molar-refractivity contribution in [2.45, 2.75) is 32.1 Å². The number of carbonyl (C=O) groups is 1. The second-order valence-electron chi connectivity index (χ2n) is 7.12. The summed E-state index contributed by atoms with van der Waals surface area (Å²) in [5.74, 6) is 0.325. The van der Waals surface area contributed by atoms with Crippen LogP contribution in [0.2, 0.25) is 0 Å². The van der Waals surface area contributed by atoms with Gasteiger partial charge in [-0.15, -0.1) is 0 Å². The van der Waals surface area contributed by atoms with Gasteiger partial charge in [0.2, 0.25) is 0 Å². The van der Waals surface area contributed by atoms with Crippen molar-refractivity contribution >= 4 is 5.91 Å². The zero-order valence-corrected chi connectivity index (χ0v) is 15.5. The van der Waals surface area contributed by atoms with Gasteiger partial charge in [-0.2, -0.15) is 4.98 Å². The maximum Gasteiger partial charge on any atom is 0.346 e. The number of aromatic amines is 1. The lowest BCUT2D eigenvalue weighted by Crippen LogP contribution is -2.42. The molecule has 1 fully saturated rings. The van der Waals surface area contributed by atoms with Crippen LogP contribution in [0.1, 0.15) is 42.6 Å². The average Bonchev–Trinajstić information content (AvgIpc) is 2.72. The summed E-state index contributed by atoms with van der Waals surface area (Å²) in [6, 6.07) is 8.67. The van der Waals surface area contributed by atoms with Crippen molar-refractivity contribution in [2.75, 3.05) is 20.3 Å². The van der Waals surface area contributed by atoms with Gasteiger partial charge in [0.05, 0.1) is 19.4 Å². The second kappa shape index (κ2) is 8.35. The third kappa shape index (κ3) is 4.54. The number of ether oxygens (including phenoxy) is 1. The number of methoxy groups -OCH3 is 1. The van der Waals surface area contributed by atoms with Gasteiger partial charge in [0, 0.05) is 17.5 Å². The van der Waals surface area contributed by atoms with E-state index in [1.165, 1.54) is 6.42 Å². The number of carbonyl (C=O) groups excluding carboxylic acids is 1. The number of nitrogens with zero attached hydrogens (tertiary/aromatic N) is 1. The van der Waals surface area contributed by atoms with Crippen LogP contribution in [0.3, 0.4) is 0 Å². The minimum Gasteiger partial charge on any atom is -0.497 e. The first kappa shape index (κ1) is 19.1. The first-order valence-corrected chi connectivity index (χ1v) is 9.20. The van der Waals surface area contributed by atoms with Crippen molar-refractivity contribution in [1.82, 2.24) is 15.3 Å². The zero-order valence-electron chi connectivity index (χ0n) is 15.5. The van der Waals surface area contributed by atoms with Crippen molar-refractivity contribution in [1.29, 1.82) is 0 Å². The van der Waals surface area contributed by atoms with Crippen LogP contribution in [0, 0.1) is 5.41 Å². The normalized spacial score (nSPS) is 15.9. The molecule has 1 aliphatic rings. The van der Waals surface area contributed by atoms with E-state index in [1.54, 1.807) is 37.4 Å². The number of nitrogens with one attached hydrogen (secondary N) is 2. The van der Waals surface area contributed by atoms with E-state index < -0.39 is 5.69 Å². The molecule has 0 atom stereocenters. The SMILES string of the molecule is COc1ccc(-c2cc(C(=O)NCC3(CO)CCCCC3)[nH]c(=O)n2)cc1. The lowest BCUT2D eigenvalue weighted by atomic mass is 9.74. The first-order valence-electron chi connectivity index (χ1n) is 9.20. The highest BCUT2D eigenvalue weighted by atomic mass is 16.5. The van der Waals surface area contributed by atoms with Gasteiger partial charge in [0.25, 0.3) is 5.91 Å². The molecule has 27 heavy (non-hydrogen) atoms. The third-order valence-electron chi connectivity index (χ3n) is 5.25. The monoisotopic (exact) mass is 371 g/mol. The quantitative estimate of drug-likeness (QED) is 0.721. The van der Waals surface area contributed by atoms with Gasteiger partial charge < -0.3 is 20.1 Å². The van der Waals surface area contributed by atoms with Crippen LogP contribution in [0.25, 0.3) is 11.3 Å². The summed E-state index contributed by atoms with van der Waals surface area (Å²) in [5, 5.41) is 12.6. The second-order valence-corrected chi connectivity index (χ2v) is 7.12. The van der Waals surface area contributed by atoms with Gasteiger partial charge in [-0.05, 0) is 43.2 Å². The van der Waals surface area contributed by atoms with E-state index in [0.717, 1.165) is 31.2 Å². The summed E-state index contributed by atoms with van der Waals surface area (Å²) in [5.41, 5.74) is 0.448. The molecular weight excluding hydrogens is 346 g/mol. The van der Waals surface area contributed by atoms with E-state index in [4.69, 9.17) is 4.74 Å². The molecule has 0 unspecified atom stereocenters. The number of rotatable bonds is 6. The highest BCUT2D eigenvalue weighted by Gasteiger charge is 2.31. The number of benzene rings is 1. The number of aliphatic hydroxyl groups is 1. The topological polar surface area (TPSA) is 104 Å². The van der Waals surface area contributed by atoms with E-state index in [1.807, 2.05) is 0 Å². The number of amides is 1. The standard InChI is InChI=1S/C20H25N3O4/c1-27-15-7-5-14(6-8-15)16-11-17(23-19(26)22-16)18(25)21-12-20(13-24)9-3-2-4-10-20/h5-8,11,24H,2-4,9-10,12-13H2,1H3,(H,21,25)(H,22,23,26). The maximum atomic E-state index is 12.6. The highest BCUT2D eigenvalue weighted by Crippen LogP contribution is 2.35.